The highest BCUT2D eigenvalue weighted by atomic mass is 16.5. The molecule has 4 aliphatic rings. The summed E-state index contributed by atoms with van der Waals surface area (Å²) < 4.78 is 22.5. The Labute approximate surface area is 257 Å². The van der Waals surface area contributed by atoms with Crippen LogP contribution in [-0.2, 0) is 30.4 Å². The van der Waals surface area contributed by atoms with E-state index < -0.39 is 46.3 Å². The molecular weight excluding hydrogens is 562 g/mol. The fourth-order valence-corrected chi connectivity index (χ4v) is 9.21. The van der Waals surface area contributed by atoms with Crippen molar-refractivity contribution in [3.05, 3.63) is 77.3 Å². The topological polar surface area (TPSA) is 124 Å². The summed E-state index contributed by atoms with van der Waals surface area (Å²) >= 11 is 0. The van der Waals surface area contributed by atoms with E-state index in [0.29, 0.717) is 12.2 Å². The predicted molar refractivity (Wildman–Crippen MR) is 160 cm³/mol. The van der Waals surface area contributed by atoms with E-state index in [0.717, 1.165) is 22.3 Å². The zero-order valence-electron chi connectivity index (χ0n) is 26.1. The molecule has 1 saturated heterocycles. The third-order valence-corrected chi connectivity index (χ3v) is 11.4. The molecule has 0 spiro atoms. The molecule has 1 aliphatic heterocycles. The van der Waals surface area contributed by atoms with Gasteiger partial charge in [-0.1, -0.05) is 37.6 Å². The minimum Gasteiger partial charge on any atom is -0.497 e. The normalized spacial score (nSPS) is 37.3. The molecule has 9 atom stereocenters. The number of nitrogens with one attached hydrogen (secondary N) is 1. The number of amides is 1. The van der Waals surface area contributed by atoms with Crippen molar-refractivity contribution in [2.75, 3.05) is 14.2 Å². The van der Waals surface area contributed by atoms with Crippen molar-refractivity contribution in [2.45, 2.75) is 71.3 Å². The first kappa shape index (κ1) is 30.3. The van der Waals surface area contributed by atoms with Crippen LogP contribution in [0.1, 0.15) is 57.6 Å². The van der Waals surface area contributed by atoms with E-state index >= 15 is 0 Å². The maximum Gasteiger partial charge on any atom is 0.305 e. The highest BCUT2D eigenvalue weighted by Crippen LogP contribution is 2.70. The number of carbonyl (C=O) groups excluding carboxylic acids is 3. The molecule has 2 aromatic rings. The van der Waals surface area contributed by atoms with Gasteiger partial charge in [-0.15, -0.1) is 0 Å². The molecule has 1 saturated carbocycles. The number of allylic oxidation sites excluding steroid dienone is 2. The van der Waals surface area contributed by atoms with Crippen LogP contribution in [0.4, 0.5) is 0 Å². The number of hydrogen-bond acceptors (Lipinski definition) is 8. The smallest absolute Gasteiger partial charge is 0.305 e. The number of rotatable bonds is 7. The van der Waals surface area contributed by atoms with Crippen molar-refractivity contribution in [3.8, 4) is 5.75 Å². The Balaban J connectivity index is 1.42. The Morgan fingerprint density at radius 3 is 2.45 bits per heavy atom. The van der Waals surface area contributed by atoms with Crippen LogP contribution in [0.5, 0.6) is 5.75 Å². The predicted octanol–water partition coefficient (Wildman–Crippen LogP) is 4.50. The Morgan fingerprint density at radius 1 is 1.09 bits per heavy atom. The number of fused-ring (bicyclic) bond motifs is 4. The number of aliphatic hydroxyl groups excluding tert-OH is 1. The molecule has 9 heteroatoms. The van der Waals surface area contributed by atoms with Crippen LogP contribution >= 0.6 is 0 Å². The number of furan rings is 1. The van der Waals surface area contributed by atoms with Gasteiger partial charge in [-0.05, 0) is 67.2 Å². The van der Waals surface area contributed by atoms with Gasteiger partial charge in [0.2, 0.25) is 5.91 Å². The van der Waals surface area contributed by atoms with Crippen LogP contribution in [0.3, 0.4) is 0 Å². The molecule has 2 N–H and O–H groups in total. The Kier molecular flexibility index (Phi) is 7.40. The molecule has 234 valence electrons. The second-order valence-electron chi connectivity index (χ2n) is 13.4. The molecule has 1 aromatic carbocycles. The van der Waals surface area contributed by atoms with Crippen molar-refractivity contribution in [3.63, 3.8) is 0 Å². The van der Waals surface area contributed by atoms with Gasteiger partial charge in [-0.25, -0.2) is 0 Å². The molecule has 0 unspecified atom stereocenters. The Hall–Kier alpha value is -3.69. The fourth-order valence-electron chi connectivity index (χ4n) is 9.21. The molecular formula is C35H41NO8. The van der Waals surface area contributed by atoms with Crippen molar-refractivity contribution < 1.29 is 38.1 Å². The van der Waals surface area contributed by atoms with Crippen molar-refractivity contribution in [2.24, 2.45) is 28.1 Å². The fraction of sp³-hybridized carbons (Fsp3) is 0.514. The molecule has 6 rings (SSSR count). The summed E-state index contributed by atoms with van der Waals surface area (Å²) in [6.07, 6.45) is 4.86. The third kappa shape index (κ3) is 4.23. The second-order valence-corrected chi connectivity index (χ2v) is 13.4. The van der Waals surface area contributed by atoms with Gasteiger partial charge in [-0.2, -0.15) is 0 Å². The molecule has 0 bridgehead atoms. The first-order valence-corrected chi connectivity index (χ1v) is 15.2. The average molecular weight is 604 g/mol. The third-order valence-electron chi connectivity index (χ3n) is 11.4. The van der Waals surface area contributed by atoms with Gasteiger partial charge >= 0.3 is 5.97 Å². The van der Waals surface area contributed by atoms with Gasteiger partial charge in [0.05, 0.1) is 56.9 Å². The minimum absolute atomic E-state index is 0.0592. The monoisotopic (exact) mass is 603 g/mol. The quantitative estimate of drug-likeness (QED) is 0.350. The van der Waals surface area contributed by atoms with E-state index in [4.69, 9.17) is 18.6 Å². The summed E-state index contributed by atoms with van der Waals surface area (Å²) in [5.74, 6) is -1.69. The first-order chi connectivity index (χ1) is 20.9. The van der Waals surface area contributed by atoms with Crippen LogP contribution in [0.15, 0.2) is 70.6 Å². The van der Waals surface area contributed by atoms with Gasteiger partial charge in [0, 0.05) is 29.2 Å². The standard InChI is InChI=1S/C35H41NO8/c1-19-23(21-12-14-43-18-21)15-24-28(19)35(4)25(16-27(38)42-6)34(3)26(37)11-13-33(2,30(34)29(39)31(35)44-24)32(40)36-17-20-7-9-22(41-5)10-8-20/h7-14,18,23-25,29-31,39H,15-17H2,1-6H3,(H,36,40)/t23-,24-,25-,29-,30+,31-,33-,34+,35-/m1/s1. The van der Waals surface area contributed by atoms with E-state index in [9.17, 15) is 19.5 Å². The molecule has 1 amide bonds. The van der Waals surface area contributed by atoms with E-state index in [1.165, 1.54) is 13.2 Å². The summed E-state index contributed by atoms with van der Waals surface area (Å²) in [5.41, 5.74) is 0.624. The van der Waals surface area contributed by atoms with Crippen molar-refractivity contribution in [1.29, 1.82) is 0 Å². The van der Waals surface area contributed by atoms with Crippen LogP contribution in [0.2, 0.25) is 0 Å². The van der Waals surface area contributed by atoms with Gasteiger partial charge < -0.3 is 29.1 Å². The first-order valence-electron chi connectivity index (χ1n) is 15.2. The van der Waals surface area contributed by atoms with Crippen LogP contribution in [0.25, 0.3) is 0 Å². The molecule has 9 nitrogen and oxygen atoms in total. The van der Waals surface area contributed by atoms with Crippen LogP contribution < -0.4 is 10.1 Å². The number of carbonyl (C=O) groups is 3. The molecule has 2 heterocycles. The van der Waals surface area contributed by atoms with Gasteiger partial charge in [0.1, 0.15) is 5.75 Å². The summed E-state index contributed by atoms with van der Waals surface area (Å²) in [6.45, 7) is 7.91. The van der Waals surface area contributed by atoms with Crippen molar-refractivity contribution in [1.82, 2.24) is 5.32 Å². The van der Waals surface area contributed by atoms with Gasteiger partial charge in [0.15, 0.2) is 5.78 Å². The lowest BCUT2D eigenvalue weighted by Crippen LogP contribution is -2.70. The largest absolute Gasteiger partial charge is 0.497 e. The number of esters is 1. The summed E-state index contributed by atoms with van der Waals surface area (Å²) in [6, 6.07) is 9.34. The number of aliphatic hydroxyl groups is 1. The highest BCUT2D eigenvalue weighted by molar-refractivity contribution is 6.00. The van der Waals surface area contributed by atoms with Crippen LogP contribution in [-0.4, -0.2) is 55.3 Å². The van der Waals surface area contributed by atoms with E-state index in [2.05, 4.69) is 12.2 Å². The Bertz CT molecular complexity index is 1530. The van der Waals surface area contributed by atoms with E-state index in [1.54, 1.807) is 32.6 Å². The summed E-state index contributed by atoms with van der Waals surface area (Å²) in [5, 5.41) is 15.3. The second kappa shape index (κ2) is 10.7. The molecule has 2 fully saturated rings. The summed E-state index contributed by atoms with van der Waals surface area (Å²) in [7, 11) is 2.93. The maximum absolute atomic E-state index is 14.1. The van der Waals surface area contributed by atoms with E-state index in [-0.39, 0.29) is 36.7 Å². The number of methoxy groups -OCH3 is 2. The lowest BCUT2D eigenvalue weighted by molar-refractivity contribution is -0.211. The number of ether oxygens (including phenoxy) is 3. The number of benzene rings is 1. The number of ketones is 1. The lowest BCUT2D eigenvalue weighted by atomic mass is 9.41. The Morgan fingerprint density at radius 2 is 1.82 bits per heavy atom. The SMILES string of the molecule is COC(=O)C[C@H]1[C@]2(C)C3=C(C)[C@H](c4ccoc4)C[C@H]3O[C@@H]2[C@H](O)[C@@H]2[C@]1(C)C(=O)C=C[C@@]2(C)C(=O)NCc1ccc(OC)cc1. The zero-order valence-corrected chi connectivity index (χ0v) is 26.1. The van der Waals surface area contributed by atoms with Gasteiger partial charge in [0.25, 0.3) is 0 Å². The molecule has 44 heavy (non-hydrogen) atoms. The van der Waals surface area contributed by atoms with E-state index in [1.807, 2.05) is 44.2 Å². The average Bonchev–Trinajstić information content (AvgIpc) is 3.73. The zero-order chi connectivity index (χ0) is 31.6. The lowest BCUT2D eigenvalue weighted by Gasteiger charge is -2.62. The molecule has 3 aliphatic carbocycles. The molecule has 0 radical (unpaired) electrons. The summed E-state index contributed by atoms with van der Waals surface area (Å²) in [4.78, 5) is 41.3. The van der Waals surface area contributed by atoms with Gasteiger partial charge in [-0.3, -0.25) is 14.4 Å². The minimum atomic E-state index is -1.28. The molecule has 1 aromatic heterocycles. The number of hydrogen-bond donors (Lipinski definition) is 2. The van der Waals surface area contributed by atoms with Crippen LogP contribution in [0, 0.1) is 28.1 Å². The van der Waals surface area contributed by atoms with Crippen molar-refractivity contribution >= 4 is 17.7 Å². The highest BCUT2D eigenvalue weighted by Gasteiger charge is 2.74. The maximum atomic E-state index is 14.1.